The first-order chi connectivity index (χ1) is 6.77. The summed E-state index contributed by atoms with van der Waals surface area (Å²) in [6, 6.07) is 0. The number of ether oxygens (including phenoxy) is 1. The van der Waals surface area contributed by atoms with Gasteiger partial charge in [-0.05, 0) is 6.92 Å². The van der Waals surface area contributed by atoms with Gasteiger partial charge in [-0.15, -0.1) is 23.7 Å². The zero-order valence-corrected chi connectivity index (χ0v) is 8.76. The van der Waals surface area contributed by atoms with Gasteiger partial charge in [0, 0.05) is 18.2 Å². The molecule has 0 saturated carbocycles. The summed E-state index contributed by atoms with van der Waals surface area (Å²) >= 11 is 1.44. The lowest BCUT2D eigenvalue weighted by atomic mass is 10.3. The van der Waals surface area contributed by atoms with Gasteiger partial charge < -0.3 is 4.74 Å². The van der Waals surface area contributed by atoms with Gasteiger partial charge in [0.15, 0.2) is 5.69 Å². The Morgan fingerprint density at radius 2 is 2.57 bits per heavy atom. The highest BCUT2D eigenvalue weighted by Crippen LogP contribution is 2.12. The first kappa shape index (κ1) is 10.7. The average Bonchev–Trinajstić information content (AvgIpc) is 2.63. The second-order valence-corrected chi connectivity index (χ2v) is 3.49. The number of nitrogens with zero attached hydrogens (tertiary/aromatic N) is 1. The summed E-state index contributed by atoms with van der Waals surface area (Å²) in [7, 11) is 0. The van der Waals surface area contributed by atoms with Crippen LogP contribution < -0.4 is 0 Å². The number of carbonyl (C=O) groups is 1. The van der Waals surface area contributed by atoms with Crippen molar-refractivity contribution in [3.8, 4) is 12.3 Å². The Morgan fingerprint density at radius 3 is 3.21 bits per heavy atom. The van der Waals surface area contributed by atoms with Gasteiger partial charge in [-0.3, -0.25) is 0 Å². The highest BCUT2D eigenvalue weighted by molar-refractivity contribution is 7.09. The standard InChI is InChI=1S/C10H11NO2S/c1-3-5-6-9-11-8(7-14-9)10(12)13-4-2/h1,7H,4-6H2,2H3. The molecule has 4 heteroatoms. The van der Waals surface area contributed by atoms with Crippen molar-refractivity contribution in [1.82, 2.24) is 4.98 Å². The van der Waals surface area contributed by atoms with E-state index < -0.39 is 0 Å². The van der Waals surface area contributed by atoms with Crippen molar-refractivity contribution in [2.24, 2.45) is 0 Å². The lowest BCUT2D eigenvalue weighted by Gasteiger charge is -1.95. The van der Waals surface area contributed by atoms with E-state index in [1.807, 2.05) is 0 Å². The summed E-state index contributed by atoms with van der Waals surface area (Å²) in [5.74, 6) is 2.17. The van der Waals surface area contributed by atoms with Crippen LogP contribution in [0, 0.1) is 12.3 Å². The fourth-order valence-electron chi connectivity index (χ4n) is 0.904. The fraction of sp³-hybridized carbons (Fsp3) is 0.400. The summed E-state index contributed by atoms with van der Waals surface area (Å²) in [6.45, 7) is 2.14. The van der Waals surface area contributed by atoms with Crippen LogP contribution in [0.5, 0.6) is 0 Å². The van der Waals surface area contributed by atoms with Gasteiger partial charge in [0.05, 0.1) is 11.6 Å². The van der Waals surface area contributed by atoms with E-state index in [1.54, 1.807) is 12.3 Å². The van der Waals surface area contributed by atoms with Crippen molar-refractivity contribution in [2.45, 2.75) is 19.8 Å². The molecule has 3 nitrogen and oxygen atoms in total. The Hall–Kier alpha value is -1.34. The van der Waals surface area contributed by atoms with Crippen LogP contribution in [0.15, 0.2) is 5.38 Å². The van der Waals surface area contributed by atoms with E-state index in [9.17, 15) is 4.79 Å². The molecule has 1 rings (SSSR count). The molecule has 0 fully saturated rings. The molecule has 0 atom stereocenters. The predicted molar refractivity (Wildman–Crippen MR) is 55.2 cm³/mol. The van der Waals surface area contributed by atoms with Crippen molar-refractivity contribution in [1.29, 1.82) is 0 Å². The van der Waals surface area contributed by atoms with Gasteiger partial charge in [0.2, 0.25) is 0 Å². The first-order valence-corrected chi connectivity index (χ1v) is 5.21. The van der Waals surface area contributed by atoms with Crippen LogP contribution in [-0.2, 0) is 11.2 Å². The number of thiazole rings is 1. The van der Waals surface area contributed by atoms with Gasteiger partial charge in [-0.1, -0.05) is 0 Å². The molecule has 14 heavy (non-hydrogen) atoms. The molecule has 1 aromatic heterocycles. The molecule has 0 bridgehead atoms. The molecule has 0 aliphatic heterocycles. The van der Waals surface area contributed by atoms with Gasteiger partial charge >= 0.3 is 5.97 Å². The Labute approximate surface area is 87.1 Å². The Bertz CT molecular complexity index is 351. The van der Waals surface area contributed by atoms with Crippen molar-refractivity contribution in [3.05, 3.63) is 16.1 Å². The molecule has 1 aromatic rings. The molecule has 0 radical (unpaired) electrons. The van der Waals surface area contributed by atoms with Gasteiger partial charge in [-0.2, -0.15) is 0 Å². The monoisotopic (exact) mass is 209 g/mol. The minimum atomic E-state index is -0.365. The van der Waals surface area contributed by atoms with E-state index in [0.29, 0.717) is 18.7 Å². The number of aromatic nitrogens is 1. The number of rotatable bonds is 4. The van der Waals surface area contributed by atoms with Crippen molar-refractivity contribution >= 4 is 17.3 Å². The minimum Gasteiger partial charge on any atom is -0.461 e. The highest BCUT2D eigenvalue weighted by atomic mass is 32.1. The van der Waals surface area contributed by atoms with E-state index in [4.69, 9.17) is 11.2 Å². The number of carbonyl (C=O) groups excluding carboxylic acids is 1. The summed E-state index contributed by atoms with van der Waals surface area (Å²) in [6.07, 6.45) is 6.50. The summed E-state index contributed by atoms with van der Waals surface area (Å²) in [5.41, 5.74) is 0.379. The SMILES string of the molecule is C#CCCc1nc(C(=O)OCC)cs1. The molecule has 0 aromatic carbocycles. The molecule has 0 unspecified atom stereocenters. The van der Waals surface area contributed by atoms with E-state index in [0.717, 1.165) is 11.4 Å². The first-order valence-electron chi connectivity index (χ1n) is 4.33. The number of aryl methyl sites for hydroxylation is 1. The molecule has 0 aliphatic carbocycles. The maximum Gasteiger partial charge on any atom is 0.357 e. The lowest BCUT2D eigenvalue weighted by molar-refractivity contribution is 0.0520. The maximum absolute atomic E-state index is 11.2. The molecular formula is C10H11NO2S. The zero-order chi connectivity index (χ0) is 10.4. The third-order valence-corrected chi connectivity index (χ3v) is 2.43. The molecule has 1 heterocycles. The molecule has 0 spiro atoms. The Kier molecular flexibility index (Phi) is 4.14. The van der Waals surface area contributed by atoms with E-state index >= 15 is 0 Å². The molecular weight excluding hydrogens is 198 g/mol. The van der Waals surface area contributed by atoms with Crippen molar-refractivity contribution < 1.29 is 9.53 Å². The smallest absolute Gasteiger partial charge is 0.357 e. The molecule has 74 valence electrons. The topological polar surface area (TPSA) is 39.2 Å². The van der Waals surface area contributed by atoms with Crippen LogP contribution in [0.2, 0.25) is 0 Å². The van der Waals surface area contributed by atoms with Gasteiger partial charge in [0.25, 0.3) is 0 Å². The van der Waals surface area contributed by atoms with Crippen molar-refractivity contribution in [2.75, 3.05) is 6.61 Å². The van der Waals surface area contributed by atoms with Crippen molar-refractivity contribution in [3.63, 3.8) is 0 Å². The van der Waals surface area contributed by atoms with Gasteiger partial charge in [0.1, 0.15) is 0 Å². The Morgan fingerprint density at radius 1 is 1.79 bits per heavy atom. The van der Waals surface area contributed by atoms with E-state index in [1.165, 1.54) is 11.3 Å². The average molecular weight is 209 g/mol. The number of terminal acetylenes is 1. The van der Waals surface area contributed by atoms with E-state index in [2.05, 4.69) is 10.9 Å². The van der Waals surface area contributed by atoms with Crippen LogP contribution >= 0.6 is 11.3 Å². The quantitative estimate of drug-likeness (QED) is 0.561. The summed E-state index contributed by atoms with van der Waals surface area (Å²) in [4.78, 5) is 15.3. The minimum absolute atomic E-state index is 0.365. The van der Waals surface area contributed by atoms with Crippen LogP contribution in [0.1, 0.15) is 28.8 Å². The maximum atomic E-state index is 11.2. The Balaban J connectivity index is 2.59. The molecule has 0 aliphatic rings. The highest BCUT2D eigenvalue weighted by Gasteiger charge is 2.10. The number of hydrogen-bond acceptors (Lipinski definition) is 4. The zero-order valence-electron chi connectivity index (χ0n) is 7.95. The molecule has 0 saturated heterocycles. The lowest BCUT2D eigenvalue weighted by Crippen LogP contribution is -2.04. The van der Waals surface area contributed by atoms with Crippen LogP contribution in [0.25, 0.3) is 0 Å². The largest absolute Gasteiger partial charge is 0.461 e. The fourth-order valence-corrected chi connectivity index (χ4v) is 1.67. The normalized spacial score (nSPS) is 9.43. The predicted octanol–water partition coefficient (Wildman–Crippen LogP) is 1.89. The second-order valence-electron chi connectivity index (χ2n) is 2.55. The number of hydrogen-bond donors (Lipinski definition) is 0. The summed E-state index contributed by atoms with van der Waals surface area (Å²) in [5, 5.41) is 2.58. The van der Waals surface area contributed by atoms with Crippen LogP contribution in [0.4, 0.5) is 0 Å². The molecule has 0 amide bonds. The van der Waals surface area contributed by atoms with Gasteiger partial charge in [-0.25, -0.2) is 9.78 Å². The number of esters is 1. The third-order valence-electron chi connectivity index (χ3n) is 1.52. The third kappa shape index (κ3) is 2.86. The molecule has 0 N–H and O–H groups in total. The van der Waals surface area contributed by atoms with Crippen LogP contribution in [0.3, 0.4) is 0 Å². The van der Waals surface area contributed by atoms with E-state index in [-0.39, 0.29) is 5.97 Å². The second kappa shape index (κ2) is 5.40. The summed E-state index contributed by atoms with van der Waals surface area (Å²) < 4.78 is 4.81. The van der Waals surface area contributed by atoms with Crippen LogP contribution in [-0.4, -0.2) is 17.6 Å².